The summed E-state index contributed by atoms with van der Waals surface area (Å²) in [5, 5.41) is 19.2. The van der Waals surface area contributed by atoms with Gasteiger partial charge < -0.3 is 24.4 Å². The lowest BCUT2D eigenvalue weighted by Crippen LogP contribution is -2.40. The number of aromatic carboxylic acids is 1. The number of rotatable bonds is 7. The van der Waals surface area contributed by atoms with Crippen LogP contribution >= 0.6 is 0 Å². The molecule has 8 nitrogen and oxygen atoms in total. The predicted molar refractivity (Wildman–Crippen MR) is 156 cm³/mol. The maximum atomic E-state index is 15.7. The lowest BCUT2D eigenvalue weighted by molar-refractivity contribution is 0.0545. The van der Waals surface area contributed by atoms with Crippen LogP contribution < -0.4 is 4.74 Å². The van der Waals surface area contributed by atoms with Crippen LogP contribution in [-0.2, 0) is 6.61 Å². The van der Waals surface area contributed by atoms with Crippen LogP contribution in [0.25, 0.3) is 22.4 Å². The number of aliphatic hydroxyl groups excluding tert-OH is 1. The number of likely N-dealkylation sites (tertiary alicyclic amines) is 1. The molecular weight excluding hydrogens is 537 g/mol. The van der Waals surface area contributed by atoms with Crippen molar-refractivity contribution < 1.29 is 28.9 Å². The molecule has 2 N–H and O–H groups in total. The average Bonchev–Trinajstić information content (AvgIpc) is 3.39. The van der Waals surface area contributed by atoms with Crippen molar-refractivity contribution in [3.05, 3.63) is 83.2 Å². The molecule has 1 aliphatic heterocycles. The quantitative estimate of drug-likeness (QED) is 0.273. The molecule has 9 heteroatoms. The van der Waals surface area contributed by atoms with Gasteiger partial charge in [0.1, 0.15) is 24.0 Å². The summed E-state index contributed by atoms with van der Waals surface area (Å²) in [6.45, 7) is 1.22. The van der Waals surface area contributed by atoms with E-state index in [2.05, 4.69) is 4.57 Å². The monoisotopic (exact) mass is 571 g/mol. The highest BCUT2D eigenvalue weighted by Gasteiger charge is 2.25. The molecule has 0 unspecified atom stereocenters. The molecule has 2 heterocycles. The number of benzene rings is 3. The molecule has 218 valence electrons. The SMILES string of the molecule is O=C(O)c1ccc2c(c1)nc(-c1ccc(OCc3cccc(C(=O)N4CCC(O)CC4)c3)cc1F)n2C1CCCCC1. The maximum Gasteiger partial charge on any atom is 0.335 e. The largest absolute Gasteiger partial charge is 0.489 e. The first-order chi connectivity index (χ1) is 20.4. The summed E-state index contributed by atoms with van der Waals surface area (Å²) in [7, 11) is 0. The highest BCUT2D eigenvalue weighted by atomic mass is 19.1. The number of imidazole rings is 1. The second kappa shape index (κ2) is 11.9. The fourth-order valence-electron chi connectivity index (χ4n) is 6.11. The highest BCUT2D eigenvalue weighted by Crippen LogP contribution is 2.37. The zero-order valence-electron chi connectivity index (χ0n) is 23.3. The number of fused-ring (bicyclic) bond motifs is 1. The molecule has 1 saturated heterocycles. The van der Waals surface area contributed by atoms with Crippen LogP contribution in [0.15, 0.2) is 60.7 Å². The molecule has 0 atom stereocenters. The van der Waals surface area contributed by atoms with Crippen LogP contribution in [-0.4, -0.2) is 55.7 Å². The van der Waals surface area contributed by atoms with Gasteiger partial charge in [-0.15, -0.1) is 0 Å². The molecule has 42 heavy (non-hydrogen) atoms. The van der Waals surface area contributed by atoms with Crippen molar-refractivity contribution in [1.29, 1.82) is 0 Å². The molecule has 0 bridgehead atoms. The number of hydrogen-bond donors (Lipinski definition) is 2. The molecule has 4 aromatic rings. The van der Waals surface area contributed by atoms with E-state index < -0.39 is 11.8 Å². The summed E-state index contributed by atoms with van der Waals surface area (Å²) in [6.07, 6.45) is 6.07. The van der Waals surface area contributed by atoms with E-state index in [0.717, 1.165) is 36.8 Å². The Hall–Kier alpha value is -4.24. The molecule has 1 aliphatic carbocycles. The third-order valence-electron chi connectivity index (χ3n) is 8.39. The van der Waals surface area contributed by atoms with Gasteiger partial charge in [-0.25, -0.2) is 14.2 Å². The van der Waals surface area contributed by atoms with Gasteiger partial charge in [-0.2, -0.15) is 0 Å². The van der Waals surface area contributed by atoms with Crippen molar-refractivity contribution in [2.45, 2.75) is 63.7 Å². The Kier molecular flexibility index (Phi) is 7.93. The van der Waals surface area contributed by atoms with Crippen molar-refractivity contribution in [3.63, 3.8) is 0 Å². The number of carbonyl (C=O) groups excluding carboxylic acids is 1. The minimum Gasteiger partial charge on any atom is -0.489 e. The van der Waals surface area contributed by atoms with Crippen LogP contribution in [0.2, 0.25) is 0 Å². The number of nitrogens with zero attached hydrogens (tertiary/aromatic N) is 3. The van der Waals surface area contributed by atoms with Gasteiger partial charge in [0.2, 0.25) is 0 Å². The van der Waals surface area contributed by atoms with E-state index in [1.54, 1.807) is 53.4 Å². The van der Waals surface area contributed by atoms with Gasteiger partial charge in [-0.05, 0) is 73.7 Å². The van der Waals surface area contributed by atoms with E-state index in [4.69, 9.17) is 9.72 Å². The molecule has 2 aliphatic rings. The van der Waals surface area contributed by atoms with Crippen LogP contribution in [0.5, 0.6) is 5.75 Å². The molecule has 6 rings (SSSR count). The van der Waals surface area contributed by atoms with Crippen molar-refractivity contribution in [3.8, 4) is 17.1 Å². The Morgan fingerprint density at radius 1 is 0.929 bits per heavy atom. The van der Waals surface area contributed by atoms with E-state index in [0.29, 0.717) is 54.1 Å². The average molecular weight is 572 g/mol. The molecule has 0 radical (unpaired) electrons. The smallest absolute Gasteiger partial charge is 0.335 e. The zero-order chi connectivity index (χ0) is 29.2. The maximum absolute atomic E-state index is 15.7. The third-order valence-corrected chi connectivity index (χ3v) is 8.39. The number of ether oxygens (including phenoxy) is 1. The molecule has 1 amide bonds. The lowest BCUT2D eigenvalue weighted by Gasteiger charge is -2.29. The number of amides is 1. The summed E-state index contributed by atoms with van der Waals surface area (Å²) in [5.41, 5.74) is 3.16. The fourth-order valence-corrected chi connectivity index (χ4v) is 6.11. The topological polar surface area (TPSA) is 105 Å². The normalized spacial score (nSPS) is 16.6. The van der Waals surface area contributed by atoms with Gasteiger partial charge in [-0.1, -0.05) is 31.4 Å². The van der Waals surface area contributed by atoms with Crippen LogP contribution in [0, 0.1) is 5.82 Å². The molecule has 2 fully saturated rings. The van der Waals surface area contributed by atoms with Gasteiger partial charge in [0, 0.05) is 30.8 Å². The molecule has 3 aromatic carbocycles. The van der Waals surface area contributed by atoms with E-state index in [1.165, 1.54) is 12.5 Å². The number of carbonyl (C=O) groups is 2. The Balaban J connectivity index is 1.23. The Labute approximate surface area is 243 Å². The van der Waals surface area contributed by atoms with Crippen LogP contribution in [0.4, 0.5) is 4.39 Å². The highest BCUT2D eigenvalue weighted by molar-refractivity contribution is 5.94. The van der Waals surface area contributed by atoms with E-state index in [-0.39, 0.29) is 30.2 Å². The van der Waals surface area contributed by atoms with Gasteiger partial charge in [0.05, 0.1) is 28.3 Å². The molecule has 1 aromatic heterocycles. The Bertz CT molecular complexity index is 1620. The van der Waals surface area contributed by atoms with E-state index in [1.807, 2.05) is 6.07 Å². The summed E-state index contributed by atoms with van der Waals surface area (Å²) in [6, 6.07) is 17.0. The van der Waals surface area contributed by atoms with Crippen molar-refractivity contribution in [1.82, 2.24) is 14.5 Å². The Morgan fingerprint density at radius 2 is 1.71 bits per heavy atom. The second-order valence-electron chi connectivity index (χ2n) is 11.3. The number of aliphatic hydroxyl groups is 1. The molecule has 0 spiro atoms. The minimum absolute atomic E-state index is 0.0736. The number of carboxylic acids is 1. The molecular formula is C33H34FN3O5. The van der Waals surface area contributed by atoms with Gasteiger partial charge in [0.25, 0.3) is 5.91 Å². The summed E-state index contributed by atoms with van der Waals surface area (Å²) in [5.74, 6) is -0.740. The Morgan fingerprint density at radius 3 is 2.45 bits per heavy atom. The van der Waals surface area contributed by atoms with Crippen molar-refractivity contribution >= 4 is 22.9 Å². The van der Waals surface area contributed by atoms with Crippen LogP contribution in [0.3, 0.4) is 0 Å². The van der Waals surface area contributed by atoms with E-state index >= 15 is 4.39 Å². The third kappa shape index (κ3) is 5.74. The molecule has 1 saturated carbocycles. The van der Waals surface area contributed by atoms with Crippen molar-refractivity contribution in [2.24, 2.45) is 0 Å². The summed E-state index contributed by atoms with van der Waals surface area (Å²) in [4.78, 5) is 31.0. The van der Waals surface area contributed by atoms with Crippen molar-refractivity contribution in [2.75, 3.05) is 13.1 Å². The summed E-state index contributed by atoms with van der Waals surface area (Å²) < 4.78 is 23.6. The lowest BCUT2D eigenvalue weighted by atomic mass is 9.94. The summed E-state index contributed by atoms with van der Waals surface area (Å²) >= 11 is 0. The van der Waals surface area contributed by atoms with Crippen LogP contribution in [0.1, 0.15) is 77.3 Å². The first-order valence-corrected chi connectivity index (χ1v) is 14.6. The first kappa shape index (κ1) is 27.9. The first-order valence-electron chi connectivity index (χ1n) is 14.6. The number of halogens is 1. The number of aromatic nitrogens is 2. The van der Waals surface area contributed by atoms with Gasteiger partial charge in [0.15, 0.2) is 0 Å². The predicted octanol–water partition coefficient (Wildman–Crippen LogP) is 6.22. The number of carboxylic acid groups (broad SMARTS) is 1. The minimum atomic E-state index is -1.03. The van der Waals surface area contributed by atoms with E-state index in [9.17, 15) is 19.8 Å². The van der Waals surface area contributed by atoms with Gasteiger partial charge >= 0.3 is 5.97 Å². The zero-order valence-corrected chi connectivity index (χ0v) is 23.3. The fraction of sp³-hybridized carbons (Fsp3) is 0.364. The number of piperidine rings is 1. The number of hydrogen-bond acceptors (Lipinski definition) is 5. The standard InChI is InChI=1S/C33H34FN3O5/c34-28-19-26(42-20-21-5-4-6-22(17-21)32(39)36-15-13-25(38)14-16-36)10-11-27(28)31-35-29-18-23(33(40)41)9-12-30(29)37(31)24-7-2-1-3-8-24/h4-6,9-12,17-19,24-25,38H,1-3,7-8,13-16,20H2,(H,40,41). The second-order valence-corrected chi connectivity index (χ2v) is 11.3. The van der Waals surface area contributed by atoms with Gasteiger partial charge in [-0.3, -0.25) is 4.79 Å².